The number of hydrogen-bond donors (Lipinski definition) is 0. The Morgan fingerprint density at radius 3 is 2.78 bits per heavy atom. The highest BCUT2D eigenvalue weighted by atomic mass is 16.5. The van der Waals surface area contributed by atoms with Crippen LogP contribution < -0.4 is 14.4 Å². The number of morpholine rings is 1. The predicted octanol–water partition coefficient (Wildman–Crippen LogP) is 1.43. The second-order valence-corrected chi connectivity index (χ2v) is 3.95. The Hall–Kier alpha value is -1.93. The SMILES string of the molecule is COc1ccc(N2CCOCC2C#N)cc1OC. The molecular weight excluding hydrogens is 232 g/mol. The molecule has 1 aliphatic rings. The number of hydrogen-bond acceptors (Lipinski definition) is 5. The number of anilines is 1. The number of methoxy groups -OCH3 is 2. The third-order valence-electron chi connectivity index (χ3n) is 2.98. The van der Waals surface area contributed by atoms with Crippen LogP contribution in [-0.4, -0.2) is 40.0 Å². The minimum atomic E-state index is -0.253. The zero-order valence-corrected chi connectivity index (χ0v) is 10.5. The maximum Gasteiger partial charge on any atom is 0.162 e. The molecule has 1 saturated heterocycles. The van der Waals surface area contributed by atoms with Crippen molar-refractivity contribution in [2.45, 2.75) is 6.04 Å². The highest BCUT2D eigenvalue weighted by Crippen LogP contribution is 2.32. The average Bonchev–Trinajstić information content (AvgIpc) is 2.46. The molecule has 1 aromatic carbocycles. The van der Waals surface area contributed by atoms with Crippen molar-refractivity contribution in [3.63, 3.8) is 0 Å². The van der Waals surface area contributed by atoms with Gasteiger partial charge in [0.25, 0.3) is 0 Å². The van der Waals surface area contributed by atoms with E-state index in [9.17, 15) is 0 Å². The van der Waals surface area contributed by atoms with E-state index < -0.39 is 0 Å². The summed E-state index contributed by atoms with van der Waals surface area (Å²) in [5, 5.41) is 9.12. The molecule has 1 atom stereocenters. The van der Waals surface area contributed by atoms with Crippen LogP contribution in [0.4, 0.5) is 5.69 Å². The minimum absolute atomic E-state index is 0.253. The van der Waals surface area contributed by atoms with Gasteiger partial charge < -0.3 is 19.1 Å². The van der Waals surface area contributed by atoms with Crippen LogP contribution in [0.15, 0.2) is 18.2 Å². The molecule has 1 heterocycles. The fraction of sp³-hybridized carbons (Fsp3) is 0.462. The lowest BCUT2D eigenvalue weighted by atomic mass is 10.2. The molecule has 1 unspecified atom stereocenters. The lowest BCUT2D eigenvalue weighted by Gasteiger charge is -2.33. The largest absolute Gasteiger partial charge is 0.493 e. The first-order chi connectivity index (χ1) is 8.80. The molecular formula is C13H16N2O3. The molecule has 0 aromatic heterocycles. The molecule has 18 heavy (non-hydrogen) atoms. The van der Waals surface area contributed by atoms with E-state index in [-0.39, 0.29) is 6.04 Å². The van der Waals surface area contributed by atoms with Crippen molar-refractivity contribution in [2.24, 2.45) is 0 Å². The molecule has 0 saturated carbocycles. The number of rotatable bonds is 3. The molecule has 5 nitrogen and oxygen atoms in total. The third-order valence-corrected chi connectivity index (χ3v) is 2.98. The maximum atomic E-state index is 9.12. The summed E-state index contributed by atoms with van der Waals surface area (Å²) >= 11 is 0. The molecule has 0 amide bonds. The fourth-order valence-corrected chi connectivity index (χ4v) is 2.02. The maximum absolute atomic E-state index is 9.12. The van der Waals surface area contributed by atoms with Crippen LogP contribution >= 0.6 is 0 Å². The summed E-state index contributed by atoms with van der Waals surface area (Å²) in [7, 11) is 3.20. The summed E-state index contributed by atoms with van der Waals surface area (Å²) in [6, 6.07) is 7.65. The van der Waals surface area contributed by atoms with Gasteiger partial charge in [-0.2, -0.15) is 5.26 Å². The van der Waals surface area contributed by atoms with Crippen molar-refractivity contribution >= 4 is 5.69 Å². The molecule has 96 valence electrons. The van der Waals surface area contributed by atoms with E-state index in [2.05, 4.69) is 6.07 Å². The normalized spacial score (nSPS) is 19.2. The molecule has 0 bridgehead atoms. The number of benzene rings is 1. The van der Waals surface area contributed by atoms with Crippen molar-refractivity contribution in [3.05, 3.63) is 18.2 Å². The molecule has 5 heteroatoms. The van der Waals surface area contributed by atoms with Gasteiger partial charge in [-0.3, -0.25) is 0 Å². The van der Waals surface area contributed by atoms with Crippen molar-refractivity contribution in [1.82, 2.24) is 0 Å². The Morgan fingerprint density at radius 2 is 2.11 bits per heavy atom. The molecule has 0 aliphatic carbocycles. The number of ether oxygens (including phenoxy) is 3. The predicted molar refractivity (Wildman–Crippen MR) is 67.1 cm³/mol. The Labute approximate surface area is 106 Å². The first-order valence-corrected chi connectivity index (χ1v) is 5.76. The van der Waals surface area contributed by atoms with Crippen molar-refractivity contribution in [1.29, 1.82) is 5.26 Å². The van der Waals surface area contributed by atoms with Gasteiger partial charge in [-0.1, -0.05) is 0 Å². The third kappa shape index (κ3) is 2.34. The van der Waals surface area contributed by atoms with Crippen LogP contribution in [0.2, 0.25) is 0 Å². The van der Waals surface area contributed by atoms with Crippen LogP contribution in [0.25, 0.3) is 0 Å². The Balaban J connectivity index is 2.29. The first kappa shape index (κ1) is 12.5. The molecule has 0 radical (unpaired) electrons. The Bertz CT molecular complexity index is 456. The van der Waals surface area contributed by atoms with Gasteiger partial charge in [0, 0.05) is 18.3 Å². The van der Waals surface area contributed by atoms with Gasteiger partial charge in [0.1, 0.15) is 6.04 Å². The van der Waals surface area contributed by atoms with Gasteiger partial charge in [0.05, 0.1) is 33.5 Å². The zero-order valence-electron chi connectivity index (χ0n) is 10.5. The van der Waals surface area contributed by atoms with E-state index in [1.54, 1.807) is 14.2 Å². The summed E-state index contributed by atoms with van der Waals surface area (Å²) < 4.78 is 15.8. The highest BCUT2D eigenvalue weighted by Gasteiger charge is 2.23. The van der Waals surface area contributed by atoms with Crippen LogP contribution in [0.1, 0.15) is 0 Å². The van der Waals surface area contributed by atoms with Crippen LogP contribution in [-0.2, 0) is 4.74 Å². The van der Waals surface area contributed by atoms with Crippen LogP contribution in [0.3, 0.4) is 0 Å². The average molecular weight is 248 g/mol. The second-order valence-electron chi connectivity index (χ2n) is 3.95. The van der Waals surface area contributed by atoms with Crippen molar-refractivity contribution in [3.8, 4) is 17.6 Å². The molecule has 0 N–H and O–H groups in total. The molecule has 1 aromatic rings. The number of nitrogens with zero attached hydrogens (tertiary/aromatic N) is 2. The van der Waals surface area contributed by atoms with E-state index in [0.717, 1.165) is 5.69 Å². The van der Waals surface area contributed by atoms with Gasteiger partial charge in [0.2, 0.25) is 0 Å². The van der Waals surface area contributed by atoms with Crippen LogP contribution in [0, 0.1) is 11.3 Å². The van der Waals surface area contributed by atoms with E-state index in [1.807, 2.05) is 23.1 Å². The molecule has 1 aliphatic heterocycles. The van der Waals surface area contributed by atoms with Crippen molar-refractivity contribution in [2.75, 3.05) is 38.9 Å². The lowest BCUT2D eigenvalue weighted by molar-refractivity contribution is 0.107. The summed E-state index contributed by atoms with van der Waals surface area (Å²) in [4.78, 5) is 2.02. The molecule has 0 spiro atoms. The Morgan fingerprint density at radius 1 is 1.33 bits per heavy atom. The van der Waals surface area contributed by atoms with Crippen LogP contribution in [0.5, 0.6) is 11.5 Å². The number of nitriles is 1. The summed E-state index contributed by atoms with van der Waals surface area (Å²) in [6.07, 6.45) is 0. The van der Waals surface area contributed by atoms with E-state index in [0.29, 0.717) is 31.3 Å². The van der Waals surface area contributed by atoms with Gasteiger partial charge >= 0.3 is 0 Å². The Kier molecular flexibility index (Phi) is 3.90. The monoisotopic (exact) mass is 248 g/mol. The fourth-order valence-electron chi connectivity index (χ4n) is 2.02. The topological polar surface area (TPSA) is 54.7 Å². The summed E-state index contributed by atoms with van der Waals surface area (Å²) in [6.45, 7) is 1.77. The van der Waals surface area contributed by atoms with E-state index in [1.165, 1.54) is 0 Å². The van der Waals surface area contributed by atoms with Gasteiger partial charge in [-0.05, 0) is 12.1 Å². The van der Waals surface area contributed by atoms with E-state index >= 15 is 0 Å². The quantitative estimate of drug-likeness (QED) is 0.810. The van der Waals surface area contributed by atoms with Gasteiger partial charge in [0.15, 0.2) is 11.5 Å². The zero-order chi connectivity index (χ0) is 13.0. The van der Waals surface area contributed by atoms with E-state index in [4.69, 9.17) is 19.5 Å². The minimum Gasteiger partial charge on any atom is -0.493 e. The first-order valence-electron chi connectivity index (χ1n) is 5.76. The summed E-state index contributed by atoms with van der Waals surface area (Å²) in [5.74, 6) is 1.35. The van der Waals surface area contributed by atoms with Gasteiger partial charge in [-0.15, -0.1) is 0 Å². The highest BCUT2D eigenvalue weighted by molar-refractivity contribution is 5.57. The van der Waals surface area contributed by atoms with Gasteiger partial charge in [-0.25, -0.2) is 0 Å². The van der Waals surface area contributed by atoms with Crippen molar-refractivity contribution < 1.29 is 14.2 Å². The second kappa shape index (κ2) is 5.61. The standard InChI is InChI=1S/C13H16N2O3/c1-16-12-4-3-10(7-13(12)17-2)15-5-6-18-9-11(15)8-14/h3-4,7,11H,5-6,9H2,1-2H3. The molecule has 2 rings (SSSR count). The summed E-state index contributed by atoms with van der Waals surface area (Å²) in [5.41, 5.74) is 0.947. The lowest BCUT2D eigenvalue weighted by Crippen LogP contribution is -2.44. The molecule has 1 fully saturated rings. The smallest absolute Gasteiger partial charge is 0.162 e.